The van der Waals surface area contributed by atoms with E-state index in [0.29, 0.717) is 17.1 Å². The molecule has 4 N–H and O–H groups in total. The lowest BCUT2D eigenvalue weighted by Gasteiger charge is -2.22. The Morgan fingerprint density at radius 2 is 2.05 bits per heavy atom. The maximum atomic E-state index is 13.6. The highest BCUT2D eigenvalue weighted by Gasteiger charge is 2.44. The number of hydrogen-bond donors (Lipinski definition) is 3. The molecular formula is C23H31N6O7P. The normalized spacial score (nSPS) is 23.3. The molecule has 1 saturated heterocycles. The summed E-state index contributed by atoms with van der Waals surface area (Å²) < 4.78 is 37.6. The number of carbonyl (C=O) groups excluding carboxylic acids is 1. The Balaban J connectivity index is 1.43. The Kier molecular flexibility index (Phi) is 8.40. The first-order valence-electron chi connectivity index (χ1n) is 11.9. The molecule has 0 radical (unpaired) electrons. The number of nitrogens with zero attached hydrogens (tertiary/aromatic N) is 4. The summed E-state index contributed by atoms with van der Waals surface area (Å²) in [6.07, 6.45) is 0.544. The van der Waals surface area contributed by atoms with Gasteiger partial charge in [0.15, 0.2) is 11.5 Å². The SMILES string of the molecule is CC(C)C(=O)OCCNP(=O)(OC[C@H]1O[C@@H](c2cnc3c(N)ncnn23)[C@@H](C)[C@@H]1O)Oc1ccccc1. The number of benzene rings is 1. The summed E-state index contributed by atoms with van der Waals surface area (Å²) >= 11 is 0. The van der Waals surface area contributed by atoms with Crippen molar-refractivity contribution in [1.82, 2.24) is 24.7 Å². The maximum absolute atomic E-state index is 13.6. The summed E-state index contributed by atoms with van der Waals surface area (Å²) in [5.41, 5.74) is 6.84. The van der Waals surface area contributed by atoms with Gasteiger partial charge in [0, 0.05) is 12.5 Å². The summed E-state index contributed by atoms with van der Waals surface area (Å²) in [6, 6.07) is 8.51. The van der Waals surface area contributed by atoms with E-state index in [-0.39, 0.29) is 43.4 Å². The molecule has 4 rings (SSSR count). The van der Waals surface area contributed by atoms with Gasteiger partial charge in [-0.05, 0) is 12.1 Å². The second-order valence-electron chi connectivity index (χ2n) is 8.94. The van der Waals surface area contributed by atoms with Gasteiger partial charge in [0.1, 0.15) is 30.9 Å². The number of imidazole rings is 1. The Labute approximate surface area is 213 Å². The molecule has 13 nitrogen and oxygen atoms in total. The Morgan fingerprint density at radius 1 is 1.30 bits per heavy atom. The number of rotatable bonds is 11. The number of para-hydroxylation sites is 1. The number of carbonyl (C=O) groups is 1. The first-order valence-corrected chi connectivity index (χ1v) is 13.4. The Morgan fingerprint density at radius 3 is 2.78 bits per heavy atom. The number of nitrogens with one attached hydrogen (secondary N) is 1. The molecule has 0 amide bonds. The first-order chi connectivity index (χ1) is 17.7. The lowest BCUT2D eigenvalue weighted by molar-refractivity contribution is -0.147. The van der Waals surface area contributed by atoms with Crippen LogP contribution < -0.4 is 15.3 Å². The first kappa shape index (κ1) is 27.0. The average molecular weight is 535 g/mol. The van der Waals surface area contributed by atoms with Crippen molar-refractivity contribution in [2.75, 3.05) is 25.5 Å². The molecule has 5 atom stereocenters. The van der Waals surface area contributed by atoms with Gasteiger partial charge in [-0.2, -0.15) is 5.10 Å². The molecule has 37 heavy (non-hydrogen) atoms. The number of ether oxygens (including phenoxy) is 2. The average Bonchev–Trinajstić information content (AvgIpc) is 3.43. The van der Waals surface area contributed by atoms with Gasteiger partial charge in [-0.1, -0.05) is 39.0 Å². The van der Waals surface area contributed by atoms with Gasteiger partial charge in [0.2, 0.25) is 0 Å². The molecule has 1 aromatic carbocycles. The van der Waals surface area contributed by atoms with Gasteiger partial charge < -0.3 is 24.8 Å². The summed E-state index contributed by atoms with van der Waals surface area (Å²) in [4.78, 5) is 19.9. The number of hydrogen-bond acceptors (Lipinski definition) is 11. The number of aliphatic hydroxyl groups excluding tert-OH is 1. The highest BCUT2D eigenvalue weighted by molar-refractivity contribution is 7.52. The van der Waals surface area contributed by atoms with Crippen molar-refractivity contribution in [2.24, 2.45) is 11.8 Å². The van der Waals surface area contributed by atoms with Crippen LogP contribution in [0.25, 0.3) is 5.65 Å². The fourth-order valence-corrected chi connectivity index (χ4v) is 5.15. The largest absolute Gasteiger partial charge is 0.464 e. The number of aromatic nitrogens is 4. The Bertz CT molecular complexity index is 1260. The molecule has 3 aromatic rings. The van der Waals surface area contributed by atoms with Crippen LogP contribution in [0.2, 0.25) is 0 Å². The number of nitrogens with two attached hydrogens (primary N) is 1. The number of fused-ring (bicyclic) bond motifs is 1. The van der Waals surface area contributed by atoms with Gasteiger partial charge in [0.05, 0.1) is 30.5 Å². The van der Waals surface area contributed by atoms with Crippen LogP contribution in [-0.4, -0.2) is 62.6 Å². The van der Waals surface area contributed by atoms with Crippen molar-refractivity contribution in [3.63, 3.8) is 0 Å². The highest BCUT2D eigenvalue weighted by Crippen LogP contribution is 2.46. The van der Waals surface area contributed by atoms with E-state index in [2.05, 4.69) is 20.2 Å². The number of aliphatic hydroxyl groups is 1. The number of anilines is 1. The molecule has 2 aromatic heterocycles. The predicted octanol–water partition coefficient (Wildman–Crippen LogP) is 2.14. The number of esters is 1. The van der Waals surface area contributed by atoms with Crippen LogP contribution in [0.5, 0.6) is 5.75 Å². The lowest BCUT2D eigenvalue weighted by atomic mass is 9.97. The summed E-state index contributed by atoms with van der Waals surface area (Å²) in [6.45, 7) is 5.03. The van der Waals surface area contributed by atoms with E-state index >= 15 is 0 Å². The highest BCUT2D eigenvalue weighted by atomic mass is 31.2. The van der Waals surface area contributed by atoms with Crippen LogP contribution in [-0.2, 0) is 23.4 Å². The van der Waals surface area contributed by atoms with Crippen molar-refractivity contribution in [3.8, 4) is 5.75 Å². The van der Waals surface area contributed by atoms with E-state index in [0.717, 1.165) is 0 Å². The van der Waals surface area contributed by atoms with E-state index < -0.39 is 26.1 Å². The third kappa shape index (κ3) is 6.25. The van der Waals surface area contributed by atoms with Crippen molar-refractivity contribution in [2.45, 2.75) is 39.1 Å². The summed E-state index contributed by atoms with van der Waals surface area (Å²) in [5, 5.41) is 17.8. The zero-order valence-corrected chi connectivity index (χ0v) is 21.7. The van der Waals surface area contributed by atoms with Crippen LogP contribution in [0, 0.1) is 11.8 Å². The van der Waals surface area contributed by atoms with E-state index in [4.69, 9.17) is 24.3 Å². The van der Waals surface area contributed by atoms with Crippen LogP contribution >= 0.6 is 7.75 Å². The standard InChI is InChI=1S/C23H31N6O7P/c1-14(2)23(31)33-10-9-28-37(32,36-16-7-5-4-6-8-16)34-12-18-19(30)15(3)20(35-18)17-11-25-22-21(24)26-13-27-29(17)22/h4-8,11,13-15,18-20,30H,9-10,12H2,1-3H3,(H,28,32)(H2,24,26,27)/t15-,18+,19-,20+,37?/m0/s1. The maximum Gasteiger partial charge on any atom is 0.458 e. The van der Waals surface area contributed by atoms with Crippen LogP contribution in [0.1, 0.15) is 32.6 Å². The van der Waals surface area contributed by atoms with E-state index in [1.54, 1.807) is 50.4 Å². The lowest BCUT2D eigenvalue weighted by Crippen LogP contribution is -2.31. The van der Waals surface area contributed by atoms with E-state index in [9.17, 15) is 14.5 Å². The van der Waals surface area contributed by atoms with Gasteiger partial charge >= 0.3 is 13.7 Å². The molecule has 200 valence electrons. The van der Waals surface area contributed by atoms with Crippen molar-refractivity contribution >= 4 is 25.2 Å². The minimum Gasteiger partial charge on any atom is -0.464 e. The van der Waals surface area contributed by atoms with Crippen LogP contribution in [0.4, 0.5) is 5.82 Å². The minimum absolute atomic E-state index is 0.0244. The van der Waals surface area contributed by atoms with Gasteiger partial charge in [-0.3, -0.25) is 9.32 Å². The van der Waals surface area contributed by atoms with Crippen molar-refractivity contribution in [3.05, 3.63) is 48.5 Å². The van der Waals surface area contributed by atoms with Crippen molar-refractivity contribution < 1.29 is 33.0 Å². The smallest absolute Gasteiger partial charge is 0.458 e. The zero-order valence-electron chi connectivity index (χ0n) is 20.8. The molecule has 1 fully saturated rings. The monoisotopic (exact) mass is 534 g/mol. The van der Waals surface area contributed by atoms with E-state index in [1.165, 1.54) is 10.8 Å². The second-order valence-corrected chi connectivity index (χ2v) is 10.7. The van der Waals surface area contributed by atoms with Gasteiger partial charge in [0.25, 0.3) is 0 Å². The minimum atomic E-state index is -3.94. The van der Waals surface area contributed by atoms with E-state index in [1.807, 2.05) is 6.92 Å². The predicted molar refractivity (Wildman–Crippen MR) is 132 cm³/mol. The van der Waals surface area contributed by atoms with Crippen molar-refractivity contribution in [1.29, 1.82) is 0 Å². The summed E-state index contributed by atoms with van der Waals surface area (Å²) in [5.74, 6) is -0.475. The second kappa shape index (κ2) is 11.5. The third-order valence-corrected chi connectivity index (χ3v) is 7.42. The zero-order chi connectivity index (χ0) is 26.6. The van der Waals surface area contributed by atoms with Crippen LogP contribution in [0.15, 0.2) is 42.9 Å². The summed E-state index contributed by atoms with van der Waals surface area (Å²) in [7, 11) is -3.94. The molecular weight excluding hydrogens is 503 g/mol. The number of nitrogen functional groups attached to an aromatic ring is 1. The fourth-order valence-electron chi connectivity index (χ4n) is 3.83. The molecule has 0 saturated carbocycles. The molecule has 0 bridgehead atoms. The molecule has 1 unspecified atom stereocenters. The topological polar surface area (TPSA) is 172 Å². The molecule has 1 aliphatic rings. The fraction of sp³-hybridized carbons (Fsp3) is 0.478. The Hall–Kier alpha value is -3.09. The van der Waals surface area contributed by atoms with Gasteiger partial charge in [-0.25, -0.2) is 24.1 Å². The quantitative estimate of drug-likeness (QED) is 0.186. The van der Waals surface area contributed by atoms with Crippen LogP contribution in [0.3, 0.4) is 0 Å². The molecule has 0 aliphatic carbocycles. The molecule has 3 heterocycles. The van der Waals surface area contributed by atoms with Gasteiger partial charge in [-0.15, -0.1) is 0 Å². The molecule has 14 heteroatoms. The molecule has 1 aliphatic heterocycles. The third-order valence-electron chi connectivity index (χ3n) is 5.87. The molecule has 0 spiro atoms.